The highest BCUT2D eigenvalue weighted by Gasteiger charge is 2.33. The number of halogens is 5. The molecule has 0 aliphatic carbocycles. The van der Waals surface area contributed by atoms with Crippen LogP contribution >= 0.6 is 11.6 Å². The minimum absolute atomic E-state index is 0.0727. The average Bonchev–Trinajstić information content (AvgIpc) is 3.94. The van der Waals surface area contributed by atoms with Crippen molar-refractivity contribution in [1.82, 2.24) is 59.7 Å². The molecule has 0 aliphatic rings. The van der Waals surface area contributed by atoms with Crippen LogP contribution in [0.1, 0.15) is 54.0 Å². The van der Waals surface area contributed by atoms with Crippen LogP contribution < -0.4 is 9.47 Å². The van der Waals surface area contributed by atoms with Crippen molar-refractivity contribution in [3.8, 4) is 34.7 Å². The summed E-state index contributed by atoms with van der Waals surface area (Å²) in [6.45, 7) is 7.35. The zero-order chi connectivity index (χ0) is 41.6. The van der Waals surface area contributed by atoms with E-state index < -0.39 is 41.4 Å². The van der Waals surface area contributed by atoms with E-state index in [2.05, 4.69) is 40.3 Å². The van der Waals surface area contributed by atoms with Gasteiger partial charge in [0.25, 0.3) is 11.8 Å². The van der Waals surface area contributed by atoms with Gasteiger partial charge >= 0.3 is 6.18 Å². The summed E-state index contributed by atoms with van der Waals surface area (Å²) in [4.78, 5) is 50.1. The highest BCUT2D eigenvalue weighted by molar-refractivity contribution is 6.30. The van der Waals surface area contributed by atoms with E-state index in [0.29, 0.717) is 41.0 Å². The number of nitrogens with zero attached hydrogens (tertiary/aromatic N) is 12. The summed E-state index contributed by atoms with van der Waals surface area (Å²) in [6.07, 6.45) is 4.43. The van der Waals surface area contributed by atoms with E-state index in [1.807, 2.05) is 13.8 Å². The fraction of sp³-hybridized carbons (Fsp3) is 0.297. The van der Waals surface area contributed by atoms with Gasteiger partial charge in [-0.15, -0.1) is 14.7 Å². The van der Waals surface area contributed by atoms with Crippen molar-refractivity contribution in [3.05, 3.63) is 107 Å². The number of rotatable bonds is 15. The number of amides is 2. The first-order valence-corrected chi connectivity index (χ1v) is 18.1. The molecule has 21 heteroatoms. The van der Waals surface area contributed by atoms with Gasteiger partial charge in [-0.2, -0.15) is 28.5 Å². The van der Waals surface area contributed by atoms with Gasteiger partial charge in [-0.25, -0.2) is 24.3 Å². The lowest BCUT2D eigenvalue weighted by Gasteiger charge is -2.28. The Morgan fingerprint density at radius 3 is 2.09 bits per heavy atom. The quantitative estimate of drug-likeness (QED) is 0.115. The molecular weight excluding hydrogens is 788 g/mol. The molecule has 302 valence electrons. The van der Waals surface area contributed by atoms with Crippen molar-refractivity contribution in [1.29, 1.82) is 0 Å². The lowest BCUT2D eigenvalue weighted by Crippen LogP contribution is -2.42. The maximum atomic E-state index is 14.4. The number of hydrogen-bond donors (Lipinski definition) is 0. The van der Waals surface area contributed by atoms with Crippen LogP contribution in [0, 0.1) is 5.82 Å². The summed E-state index contributed by atoms with van der Waals surface area (Å²) in [5.41, 5.74) is -0.289. The molecule has 58 heavy (non-hydrogen) atoms. The molecule has 0 saturated carbocycles. The summed E-state index contributed by atoms with van der Waals surface area (Å²) < 4.78 is 64.5. The van der Waals surface area contributed by atoms with Crippen molar-refractivity contribution < 1.29 is 36.6 Å². The smallest absolute Gasteiger partial charge is 0.417 e. The number of carbonyl (C=O) groups excluding carboxylic acids is 2. The molecule has 6 heterocycles. The zero-order valence-electron chi connectivity index (χ0n) is 31.4. The van der Waals surface area contributed by atoms with Gasteiger partial charge in [0.2, 0.25) is 11.8 Å². The molecule has 0 radical (unpaired) electrons. The monoisotopic (exact) mass is 822 g/mol. The number of alkyl halides is 3. The number of aromatic nitrogens is 10. The van der Waals surface area contributed by atoms with E-state index in [-0.39, 0.29) is 48.4 Å². The third-order valence-corrected chi connectivity index (χ3v) is 8.96. The number of hydrogen-bond acceptors (Lipinski definition) is 12. The summed E-state index contributed by atoms with van der Waals surface area (Å²) >= 11 is 5.94. The molecule has 0 saturated heterocycles. The Labute approximate surface area is 333 Å². The molecule has 0 aromatic carbocycles. The predicted octanol–water partition coefficient (Wildman–Crippen LogP) is 5.77. The van der Waals surface area contributed by atoms with Crippen molar-refractivity contribution in [3.63, 3.8) is 0 Å². The van der Waals surface area contributed by atoms with Crippen molar-refractivity contribution in [2.45, 2.75) is 46.0 Å². The van der Waals surface area contributed by atoms with Gasteiger partial charge in [0.05, 0.1) is 52.4 Å². The van der Waals surface area contributed by atoms with Crippen LogP contribution in [-0.2, 0) is 6.18 Å². The second-order valence-corrected chi connectivity index (χ2v) is 13.1. The lowest BCUT2D eigenvalue weighted by atomic mass is 10.1. The largest absolute Gasteiger partial charge is 0.475 e. The number of pyridine rings is 4. The van der Waals surface area contributed by atoms with E-state index in [1.165, 1.54) is 52.9 Å². The molecule has 0 fully saturated rings. The molecule has 0 N–H and O–H groups in total. The Kier molecular flexibility index (Phi) is 12.5. The van der Waals surface area contributed by atoms with Gasteiger partial charge in [-0.1, -0.05) is 11.6 Å². The SMILES string of the molecule is CCN(C(=O)c1cc(-c2cnn(-c3ncccc3C(=O)N(CC)[C@@H](C)COc3ncc(C(F)(F)F)cc3F)n2)cnc1-n1nccn1)[C@@H](C)COc1ccc(Cl)cn1. The van der Waals surface area contributed by atoms with E-state index in [0.717, 1.165) is 4.80 Å². The van der Waals surface area contributed by atoms with Crippen molar-refractivity contribution in [2.75, 3.05) is 26.3 Å². The third-order valence-electron chi connectivity index (χ3n) is 8.74. The first-order chi connectivity index (χ1) is 27.8. The van der Waals surface area contributed by atoms with Crippen LogP contribution in [-0.4, -0.2) is 110 Å². The number of carbonyl (C=O) groups is 2. The molecule has 0 unspecified atom stereocenters. The Hall–Kier alpha value is -6.57. The van der Waals surface area contributed by atoms with Gasteiger partial charge in [-0.05, 0) is 58.0 Å². The standard InChI is InChI=1S/C37H35ClF4N12O4/c1-5-51(23(4)21-58-34-29(39)15-25(17-46-34)37(40,41)42)35(55)27-8-7-11-43-32(27)54-49-19-30(50-54)24-14-28(33(45-16-24)53-47-12-13-48-53)36(56)52(6-2)22(3)20-57-31-10-9-26(38)18-44-31/h7-19,22-23H,5-6,20-21H2,1-4H3/t22-,23-/m0/s1. The molecule has 0 bridgehead atoms. The van der Waals surface area contributed by atoms with Crippen LogP contribution in [0.5, 0.6) is 11.8 Å². The third kappa shape index (κ3) is 9.17. The number of ether oxygens (including phenoxy) is 2. The molecule has 0 spiro atoms. The summed E-state index contributed by atoms with van der Waals surface area (Å²) in [5.74, 6) is -2.22. The fourth-order valence-corrected chi connectivity index (χ4v) is 5.91. The van der Waals surface area contributed by atoms with Gasteiger partial charge in [-0.3, -0.25) is 9.59 Å². The Morgan fingerprint density at radius 2 is 1.45 bits per heavy atom. The summed E-state index contributed by atoms with van der Waals surface area (Å²) in [7, 11) is 0. The fourth-order valence-electron chi connectivity index (χ4n) is 5.80. The average molecular weight is 823 g/mol. The molecule has 0 aliphatic heterocycles. The van der Waals surface area contributed by atoms with Gasteiger partial charge in [0.15, 0.2) is 17.5 Å². The first kappa shape index (κ1) is 41.1. The van der Waals surface area contributed by atoms with Gasteiger partial charge in [0, 0.05) is 49.5 Å². The van der Waals surface area contributed by atoms with E-state index >= 15 is 0 Å². The van der Waals surface area contributed by atoms with E-state index in [1.54, 1.807) is 43.0 Å². The highest BCUT2D eigenvalue weighted by Crippen LogP contribution is 2.31. The van der Waals surface area contributed by atoms with Gasteiger partial charge in [0.1, 0.15) is 18.9 Å². The first-order valence-electron chi connectivity index (χ1n) is 17.8. The summed E-state index contributed by atoms with van der Waals surface area (Å²) in [6, 6.07) is 7.16. The Balaban J connectivity index is 1.23. The van der Waals surface area contributed by atoms with Crippen LogP contribution in [0.3, 0.4) is 0 Å². The molecule has 16 nitrogen and oxygen atoms in total. The summed E-state index contributed by atoms with van der Waals surface area (Å²) in [5, 5.41) is 17.8. The van der Waals surface area contributed by atoms with Crippen LogP contribution in [0.25, 0.3) is 22.9 Å². The lowest BCUT2D eigenvalue weighted by molar-refractivity contribution is -0.138. The predicted molar refractivity (Wildman–Crippen MR) is 199 cm³/mol. The molecule has 2 amide bonds. The second kappa shape index (κ2) is 17.7. The maximum Gasteiger partial charge on any atom is 0.417 e. The zero-order valence-corrected chi connectivity index (χ0v) is 32.1. The van der Waals surface area contributed by atoms with Crippen molar-refractivity contribution in [2.24, 2.45) is 0 Å². The minimum Gasteiger partial charge on any atom is -0.475 e. The van der Waals surface area contributed by atoms with Crippen LogP contribution in [0.15, 0.2) is 79.8 Å². The maximum absolute atomic E-state index is 14.4. The van der Waals surface area contributed by atoms with Gasteiger partial charge < -0.3 is 19.3 Å². The molecule has 2 atom stereocenters. The van der Waals surface area contributed by atoms with Crippen LogP contribution in [0.4, 0.5) is 17.6 Å². The van der Waals surface area contributed by atoms with Crippen molar-refractivity contribution >= 4 is 23.4 Å². The molecule has 6 aromatic rings. The Bertz CT molecular complexity index is 2360. The molecule has 6 aromatic heterocycles. The topological polar surface area (TPSA) is 172 Å². The Morgan fingerprint density at radius 1 is 0.776 bits per heavy atom. The molecular formula is C37H35ClF4N12O4. The number of likely N-dealkylation sites (N-methyl/N-ethyl adjacent to an activating group) is 2. The van der Waals surface area contributed by atoms with E-state index in [9.17, 15) is 27.2 Å². The molecule has 6 rings (SSSR count). The second-order valence-electron chi connectivity index (χ2n) is 12.6. The normalized spacial score (nSPS) is 12.5. The van der Waals surface area contributed by atoms with E-state index in [4.69, 9.17) is 21.1 Å². The highest BCUT2D eigenvalue weighted by atomic mass is 35.5. The minimum atomic E-state index is -4.78. The van der Waals surface area contributed by atoms with Crippen LogP contribution in [0.2, 0.25) is 5.02 Å².